The molecule has 15 heavy (non-hydrogen) atoms. The van der Waals surface area contributed by atoms with Gasteiger partial charge >= 0.3 is 0 Å². The standard InChI is InChI=1S/C10H19N.2C2H6/c1-2-8-3-4-9-6-11-7-10(9)5-8;2*1-2/h8-11H,2-7H2,1H3;2*1-2H3. The summed E-state index contributed by atoms with van der Waals surface area (Å²) in [4.78, 5) is 0. The van der Waals surface area contributed by atoms with E-state index in [1.165, 1.54) is 38.8 Å². The first-order valence-corrected chi connectivity index (χ1v) is 7.11. The van der Waals surface area contributed by atoms with Gasteiger partial charge in [0, 0.05) is 0 Å². The lowest BCUT2D eigenvalue weighted by molar-refractivity contribution is 0.220. The van der Waals surface area contributed by atoms with Crippen LogP contribution in [-0.4, -0.2) is 13.1 Å². The fraction of sp³-hybridized carbons (Fsp3) is 1.00. The minimum Gasteiger partial charge on any atom is -0.316 e. The van der Waals surface area contributed by atoms with Crippen LogP contribution in [0.3, 0.4) is 0 Å². The van der Waals surface area contributed by atoms with Crippen molar-refractivity contribution in [2.75, 3.05) is 13.1 Å². The van der Waals surface area contributed by atoms with E-state index in [9.17, 15) is 0 Å². The summed E-state index contributed by atoms with van der Waals surface area (Å²) in [7, 11) is 0. The Balaban J connectivity index is 0.000000442. The van der Waals surface area contributed by atoms with Gasteiger partial charge in [0.2, 0.25) is 0 Å². The number of hydrogen-bond donors (Lipinski definition) is 1. The maximum Gasteiger partial charge on any atom is -0.00172 e. The molecule has 0 aromatic carbocycles. The van der Waals surface area contributed by atoms with Gasteiger partial charge in [0.25, 0.3) is 0 Å². The first-order valence-electron chi connectivity index (χ1n) is 7.11. The minimum absolute atomic E-state index is 1.04. The van der Waals surface area contributed by atoms with Gasteiger partial charge < -0.3 is 5.32 Å². The van der Waals surface area contributed by atoms with E-state index < -0.39 is 0 Å². The average Bonchev–Trinajstić information content (AvgIpc) is 2.81. The van der Waals surface area contributed by atoms with Crippen LogP contribution in [0.1, 0.15) is 60.3 Å². The second-order valence-corrected chi connectivity index (χ2v) is 4.27. The lowest BCUT2D eigenvalue weighted by Gasteiger charge is -2.30. The SMILES string of the molecule is CC.CC.CCC1CCC2CNCC2C1. The number of hydrogen-bond acceptors (Lipinski definition) is 1. The molecule has 0 spiro atoms. The summed E-state index contributed by atoms with van der Waals surface area (Å²) >= 11 is 0. The second-order valence-electron chi connectivity index (χ2n) is 4.27. The van der Waals surface area contributed by atoms with Crippen LogP contribution in [0.15, 0.2) is 0 Å². The Hall–Kier alpha value is -0.0400. The van der Waals surface area contributed by atoms with Crippen molar-refractivity contribution in [3.8, 4) is 0 Å². The highest BCUT2D eigenvalue weighted by Gasteiger charge is 2.32. The van der Waals surface area contributed by atoms with E-state index in [-0.39, 0.29) is 0 Å². The first-order chi connectivity index (χ1) is 7.40. The number of rotatable bonds is 1. The number of fused-ring (bicyclic) bond motifs is 1. The van der Waals surface area contributed by atoms with Gasteiger partial charge in [0.1, 0.15) is 0 Å². The normalized spacial score (nSPS) is 33.0. The molecule has 2 aliphatic rings. The monoisotopic (exact) mass is 213 g/mol. The van der Waals surface area contributed by atoms with E-state index >= 15 is 0 Å². The molecule has 0 amide bonds. The summed E-state index contributed by atoms with van der Waals surface area (Å²) < 4.78 is 0. The van der Waals surface area contributed by atoms with Crippen LogP contribution in [0, 0.1) is 17.8 Å². The summed E-state index contributed by atoms with van der Waals surface area (Å²) in [5, 5.41) is 3.51. The van der Waals surface area contributed by atoms with Crippen LogP contribution in [0.25, 0.3) is 0 Å². The summed E-state index contributed by atoms with van der Waals surface area (Å²) in [5.74, 6) is 3.13. The molecule has 3 unspecified atom stereocenters. The van der Waals surface area contributed by atoms with E-state index in [1.807, 2.05) is 27.7 Å². The molecule has 0 radical (unpaired) electrons. The molecule has 2 fully saturated rings. The zero-order valence-corrected chi connectivity index (χ0v) is 11.5. The van der Waals surface area contributed by atoms with Crippen molar-refractivity contribution in [3.05, 3.63) is 0 Å². The molecule has 1 saturated heterocycles. The highest BCUT2D eigenvalue weighted by Crippen LogP contribution is 2.36. The molecule has 2 rings (SSSR count). The molecule has 1 aliphatic carbocycles. The third-order valence-corrected chi connectivity index (χ3v) is 3.64. The zero-order valence-electron chi connectivity index (χ0n) is 11.5. The maximum atomic E-state index is 3.51. The van der Waals surface area contributed by atoms with Gasteiger partial charge in [-0.2, -0.15) is 0 Å². The zero-order chi connectivity index (χ0) is 11.7. The van der Waals surface area contributed by atoms with Gasteiger partial charge in [-0.15, -0.1) is 0 Å². The predicted octanol–water partition coefficient (Wildman–Crippen LogP) is 4.08. The van der Waals surface area contributed by atoms with Gasteiger partial charge in [0.15, 0.2) is 0 Å². The van der Waals surface area contributed by atoms with Gasteiger partial charge in [-0.05, 0) is 43.7 Å². The first kappa shape index (κ1) is 15.0. The van der Waals surface area contributed by atoms with Gasteiger partial charge in [-0.1, -0.05) is 47.5 Å². The third-order valence-electron chi connectivity index (χ3n) is 3.64. The topological polar surface area (TPSA) is 12.0 Å². The minimum atomic E-state index is 1.04. The third kappa shape index (κ3) is 4.55. The largest absolute Gasteiger partial charge is 0.316 e. The lowest BCUT2D eigenvalue weighted by Crippen LogP contribution is -2.22. The maximum absolute atomic E-state index is 3.51. The molecule has 0 aromatic rings. The smallest absolute Gasteiger partial charge is 0.00172 e. The highest BCUT2D eigenvalue weighted by atomic mass is 14.9. The van der Waals surface area contributed by atoms with E-state index in [2.05, 4.69) is 12.2 Å². The fourth-order valence-corrected chi connectivity index (χ4v) is 2.77. The fourth-order valence-electron chi connectivity index (χ4n) is 2.77. The number of nitrogens with one attached hydrogen (secondary N) is 1. The summed E-state index contributed by atoms with van der Waals surface area (Å²) in [6.07, 6.45) is 5.91. The van der Waals surface area contributed by atoms with Crippen LogP contribution >= 0.6 is 0 Å². The Morgan fingerprint density at radius 2 is 1.53 bits per heavy atom. The molecule has 1 saturated carbocycles. The summed E-state index contributed by atoms with van der Waals surface area (Å²) in [6, 6.07) is 0. The van der Waals surface area contributed by atoms with Crippen molar-refractivity contribution in [3.63, 3.8) is 0 Å². The molecule has 1 heterocycles. The average molecular weight is 213 g/mol. The second kappa shape index (κ2) is 9.21. The van der Waals surface area contributed by atoms with E-state index in [1.54, 1.807) is 0 Å². The Morgan fingerprint density at radius 1 is 0.933 bits per heavy atom. The Labute approximate surface area is 97.0 Å². The van der Waals surface area contributed by atoms with Crippen molar-refractivity contribution in [2.24, 2.45) is 17.8 Å². The molecule has 92 valence electrons. The van der Waals surface area contributed by atoms with Crippen LogP contribution in [0.2, 0.25) is 0 Å². The predicted molar refractivity (Wildman–Crippen MR) is 70.2 cm³/mol. The summed E-state index contributed by atoms with van der Waals surface area (Å²) in [6.45, 7) is 13.0. The van der Waals surface area contributed by atoms with Gasteiger partial charge in [0.05, 0.1) is 0 Å². The molecule has 1 N–H and O–H groups in total. The van der Waals surface area contributed by atoms with Crippen LogP contribution in [0.4, 0.5) is 0 Å². The van der Waals surface area contributed by atoms with E-state index in [0.29, 0.717) is 0 Å². The van der Waals surface area contributed by atoms with Crippen molar-refractivity contribution in [2.45, 2.75) is 60.3 Å². The van der Waals surface area contributed by atoms with Crippen molar-refractivity contribution in [1.82, 2.24) is 5.32 Å². The molecular formula is C14H31N. The van der Waals surface area contributed by atoms with Crippen LogP contribution < -0.4 is 5.32 Å². The van der Waals surface area contributed by atoms with Gasteiger partial charge in [-0.3, -0.25) is 0 Å². The van der Waals surface area contributed by atoms with Crippen LogP contribution in [0.5, 0.6) is 0 Å². The van der Waals surface area contributed by atoms with E-state index in [0.717, 1.165) is 17.8 Å². The van der Waals surface area contributed by atoms with Crippen molar-refractivity contribution >= 4 is 0 Å². The molecule has 3 atom stereocenters. The lowest BCUT2D eigenvalue weighted by atomic mass is 9.75. The Morgan fingerprint density at radius 3 is 2.13 bits per heavy atom. The summed E-state index contributed by atoms with van der Waals surface area (Å²) in [5.41, 5.74) is 0. The quantitative estimate of drug-likeness (QED) is 0.692. The van der Waals surface area contributed by atoms with Crippen molar-refractivity contribution < 1.29 is 0 Å². The molecular weight excluding hydrogens is 182 g/mol. The highest BCUT2D eigenvalue weighted by molar-refractivity contribution is 4.86. The van der Waals surface area contributed by atoms with E-state index in [4.69, 9.17) is 0 Å². The van der Waals surface area contributed by atoms with Crippen LogP contribution in [-0.2, 0) is 0 Å². The van der Waals surface area contributed by atoms with Gasteiger partial charge in [-0.25, -0.2) is 0 Å². The Kier molecular flexibility index (Phi) is 9.18. The Bertz CT molecular complexity index is 133. The molecule has 1 nitrogen and oxygen atoms in total. The molecule has 1 heteroatoms. The molecule has 0 aromatic heterocycles. The van der Waals surface area contributed by atoms with Crippen molar-refractivity contribution in [1.29, 1.82) is 0 Å². The molecule has 0 bridgehead atoms. The molecule has 1 aliphatic heterocycles.